The Kier molecular flexibility index (Phi) is 2.59. The van der Waals surface area contributed by atoms with Crippen molar-refractivity contribution in [1.29, 1.82) is 0 Å². The van der Waals surface area contributed by atoms with Crippen molar-refractivity contribution in [1.82, 2.24) is 19.7 Å². The molecule has 16 heavy (non-hydrogen) atoms. The Bertz CT molecular complexity index is 431. The molecule has 0 bridgehead atoms. The molecule has 2 aliphatic rings. The first kappa shape index (κ1) is 10.5. The summed E-state index contributed by atoms with van der Waals surface area (Å²) in [4.78, 5) is 2.39. The summed E-state index contributed by atoms with van der Waals surface area (Å²) in [7, 11) is 2.19. The topological polar surface area (TPSA) is 36.9 Å². The molecule has 1 N–H and O–H groups in total. The molecule has 1 saturated carbocycles. The van der Waals surface area contributed by atoms with Gasteiger partial charge in [-0.25, -0.2) is 0 Å². The number of piperidine rings is 1. The van der Waals surface area contributed by atoms with Gasteiger partial charge < -0.3 is 4.90 Å². The van der Waals surface area contributed by atoms with Crippen molar-refractivity contribution in [2.45, 2.75) is 37.6 Å². The third-order valence-corrected chi connectivity index (χ3v) is 3.93. The quantitative estimate of drug-likeness (QED) is 0.802. The Hall–Kier alpha value is -0.680. The Labute approximate surface area is 101 Å². The normalized spacial score (nSPS) is 27.2. The number of rotatable bonds is 2. The first-order valence-corrected chi connectivity index (χ1v) is 6.52. The Morgan fingerprint density at radius 2 is 2.19 bits per heavy atom. The summed E-state index contributed by atoms with van der Waals surface area (Å²) >= 11 is 5.37. The van der Waals surface area contributed by atoms with Crippen LogP contribution in [0.5, 0.6) is 0 Å². The maximum atomic E-state index is 5.37. The monoisotopic (exact) mass is 238 g/mol. The average Bonchev–Trinajstić information content (AvgIpc) is 3.02. The zero-order valence-electron chi connectivity index (χ0n) is 9.65. The SMILES string of the molecule is CN1CCCC(n2c(C3CC3)n[nH]c2=S)C1. The van der Waals surface area contributed by atoms with Crippen LogP contribution < -0.4 is 0 Å². The molecule has 2 heterocycles. The van der Waals surface area contributed by atoms with Gasteiger partial charge in [-0.15, -0.1) is 0 Å². The number of hydrogen-bond donors (Lipinski definition) is 1. The van der Waals surface area contributed by atoms with Crippen LogP contribution in [0.1, 0.15) is 43.5 Å². The molecule has 5 heteroatoms. The Morgan fingerprint density at radius 1 is 1.38 bits per heavy atom. The fourth-order valence-electron chi connectivity index (χ4n) is 2.65. The van der Waals surface area contributed by atoms with Crippen molar-refractivity contribution in [3.05, 3.63) is 10.6 Å². The summed E-state index contributed by atoms with van der Waals surface area (Å²) in [5.41, 5.74) is 0. The van der Waals surface area contributed by atoms with Crippen LogP contribution >= 0.6 is 12.2 Å². The van der Waals surface area contributed by atoms with Gasteiger partial charge in [-0.3, -0.25) is 9.67 Å². The first-order valence-electron chi connectivity index (χ1n) is 6.11. The van der Waals surface area contributed by atoms with Crippen LogP contribution in [0.2, 0.25) is 0 Å². The number of likely N-dealkylation sites (N-methyl/N-ethyl adjacent to an activating group) is 1. The predicted octanol–water partition coefficient (Wildman–Crippen LogP) is 2.08. The average molecular weight is 238 g/mol. The van der Waals surface area contributed by atoms with Crippen molar-refractivity contribution in [2.75, 3.05) is 20.1 Å². The van der Waals surface area contributed by atoms with E-state index in [-0.39, 0.29) is 0 Å². The highest BCUT2D eigenvalue weighted by atomic mass is 32.1. The molecule has 1 unspecified atom stereocenters. The molecule has 0 amide bonds. The molecule has 0 radical (unpaired) electrons. The lowest BCUT2D eigenvalue weighted by atomic mass is 10.1. The summed E-state index contributed by atoms with van der Waals surface area (Å²) in [5.74, 6) is 1.87. The minimum absolute atomic E-state index is 0.528. The first-order chi connectivity index (χ1) is 7.75. The molecular weight excluding hydrogens is 220 g/mol. The smallest absolute Gasteiger partial charge is 0.195 e. The second-order valence-corrected chi connectivity index (χ2v) is 5.48. The van der Waals surface area contributed by atoms with Gasteiger partial charge in [-0.2, -0.15) is 5.10 Å². The summed E-state index contributed by atoms with van der Waals surface area (Å²) in [6.45, 7) is 2.31. The maximum Gasteiger partial charge on any atom is 0.195 e. The third kappa shape index (κ3) is 1.82. The Morgan fingerprint density at radius 3 is 2.88 bits per heavy atom. The fourth-order valence-corrected chi connectivity index (χ4v) is 2.94. The molecule has 1 aromatic rings. The molecule has 0 aromatic carbocycles. The molecule has 88 valence electrons. The van der Waals surface area contributed by atoms with Gasteiger partial charge in [-0.1, -0.05) is 0 Å². The van der Waals surface area contributed by atoms with Gasteiger partial charge in [0, 0.05) is 12.5 Å². The maximum absolute atomic E-state index is 5.37. The van der Waals surface area contributed by atoms with E-state index >= 15 is 0 Å². The summed E-state index contributed by atoms with van der Waals surface area (Å²) in [6, 6.07) is 0.528. The summed E-state index contributed by atoms with van der Waals surface area (Å²) < 4.78 is 3.09. The van der Waals surface area contributed by atoms with Gasteiger partial charge in [0.15, 0.2) is 4.77 Å². The van der Waals surface area contributed by atoms with E-state index in [1.807, 2.05) is 0 Å². The third-order valence-electron chi connectivity index (χ3n) is 3.64. The van der Waals surface area contributed by atoms with Crippen molar-refractivity contribution >= 4 is 12.2 Å². The molecule has 1 aliphatic carbocycles. The molecule has 4 nitrogen and oxygen atoms in total. The number of nitrogens with zero attached hydrogens (tertiary/aromatic N) is 3. The van der Waals surface area contributed by atoms with Crippen molar-refractivity contribution < 1.29 is 0 Å². The summed E-state index contributed by atoms with van der Waals surface area (Å²) in [5, 5.41) is 7.37. The second-order valence-electron chi connectivity index (χ2n) is 5.09. The highest BCUT2D eigenvalue weighted by molar-refractivity contribution is 7.71. The molecule has 1 saturated heterocycles. The van der Waals surface area contributed by atoms with E-state index in [0.717, 1.165) is 11.3 Å². The molecule has 1 aromatic heterocycles. The molecule has 1 aliphatic heterocycles. The van der Waals surface area contributed by atoms with Gasteiger partial charge in [0.05, 0.1) is 6.04 Å². The van der Waals surface area contributed by atoms with E-state index < -0.39 is 0 Å². The zero-order chi connectivity index (χ0) is 11.1. The van der Waals surface area contributed by atoms with Gasteiger partial charge in [0.2, 0.25) is 0 Å². The minimum atomic E-state index is 0.528. The van der Waals surface area contributed by atoms with Crippen molar-refractivity contribution in [3.63, 3.8) is 0 Å². The molecule has 3 rings (SSSR count). The zero-order valence-corrected chi connectivity index (χ0v) is 10.5. The highest BCUT2D eigenvalue weighted by Crippen LogP contribution is 2.40. The van der Waals surface area contributed by atoms with Gasteiger partial charge in [0.1, 0.15) is 5.82 Å². The van der Waals surface area contributed by atoms with E-state index in [1.165, 1.54) is 38.1 Å². The fraction of sp³-hybridized carbons (Fsp3) is 0.818. The van der Waals surface area contributed by atoms with Gasteiger partial charge in [0.25, 0.3) is 0 Å². The van der Waals surface area contributed by atoms with Crippen LogP contribution in [0.4, 0.5) is 0 Å². The van der Waals surface area contributed by atoms with Crippen molar-refractivity contribution in [3.8, 4) is 0 Å². The number of aromatic amines is 1. The number of nitrogens with one attached hydrogen (secondary N) is 1. The van der Waals surface area contributed by atoms with Crippen LogP contribution in [0.25, 0.3) is 0 Å². The lowest BCUT2D eigenvalue weighted by molar-refractivity contribution is 0.208. The van der Waals surface area contributed by atoms with E-state index in [9.17, 15) is 0 Å². The van der Waals surface area contributed by atoms with Crippen LogP contribution in [0, 0.1) is 4.77 Å². The number of aromatic nitrogens is 3. The van der Waals surface area contributed by atoms with Crippen molar-refractivity contribution in [2.24, 2.45) is 0 Å². The standard InChI is InChI=1S/C11H18N4S/c1-14-6-2-3-9(7-14)15-10(8-4-5-8)12-13-11(15)16/h8-9H,2-7H2,1H3,(H,13,16). The van der Waals surface area contributed by atoms with E-state index in [0.29, 0.717) is 12.0 Å². The van der Waals surface area contributed by atoms with Crippen LogP contribution in [0.15, 0.2) is 0 Å². The molecule has 0 spiro atoms. The van der Waals surface area contributed by atoms with Crippen LogP contribution in [-0.4, -0.2) is 39.8 Å². The Balaban J connectivity index is 1.91. The van der Waals surface area contributed by atoms with E-state index in [4.69, 9.17) is 12.2 Å². The second kappa shape index (κ2) is 3.96. The number of likely N-dealkylation sites (tertiary alicyclic amines) is 1. The molecule has 2 fully saturated rings. The lowest BCUT2D eigenvalue weighted by Crippen LogP contribution is -2.34. The molecule has 1 atom stereocenters. The minimum Gasteiger partial charge on any atom is -0.304 e. The largest absolute Gasteiger partial charge is 0.304 e. The lowest BCUT2D eigenvalue weighted by Gasteiger charge is -2.31. The molecular formula is C11H18N4S. The number of hydrogen-bond acceptors (Lipinski definition) is 3. The summed E-state index contributed by atoms with van der Waals surface area (Å²) in [6.07, 6.45) is 5.06. The predicted molar refractivity (Wildman–Crippen MR) is 65.2 cm³/mol. The highest BCUT2D eigenvalue weighted by Gasteiger charge is 2.32. The van der Waals surface area contributed by atoms with Gasteiger partial charge in [-0.05, 0) is 51.5 Å². The number of H-pyrrole nitrogens is 1. The van der Waals surface area contributed by atoms with Gasteiger partial charge >= 0.3 is 0 Å². The van der Waals surface area contributed by atoms with E-state index in [1.54, 1.807) is 0 Å². The van der Waals surface area contributed by atoms with Crippen LogP contribution in [0.3, 0.4) is 0 Å². The van der Waals surface area contributed by atoms with E-state index in [2.05, 4.69) is 26.7 Å². The van der Waals surface area contributed by atoms with Crippen LogP contribution in [-0.2, 0) is 0 Å².